The van der Waals surface area contributed by atoms with E-state index in [4.69, 9.17) is 9.84 Å². The predicted octanol–water partition coefficient (Wildman–Crippen LogP) is 3.52. The van der Waals surface area contributed by atoms with Crippen molar-refractivity contribution in [2.24, 2.45) is 0 Å². The molecule has 0 aliphatic carbocycles. The minimum Gasteiger partial charge on any atom is -0.478 e. The second-order valence-corrected chi connectivity index (χ2v) is 6.30. The highest BCUT2D eigenvalue weighted by molar-refractivity contribution is 9.10. The van der Waals surface area contributed by atoms with E-state index < -0.39 is 5.97 Å². The van der Waals surface area contributed by atoms with Crippen LogP contribution in [0.1, 0.15) is 37.0 Å². The van der Waals surface area contributed by atoms with Gasteiger partial charge in [0.1, 0.15) is 0 Å². The van der Waals surface area contributed by atoms with Gasteiger partial charge in [0.25, 0.3) is 0 Å². The van der Waals surface area contributed by atoms with Gasteiger partial charge >= 0.3 is 5.97 Å². The van der Waals surface area contributed by atoms with E-state index in [1.165, 1.54) is 0 Å². The maximum Gasteiger partial charge on any atom is 0.336 e. The van der Waals surface area contributed by atoms with Crippen LogP contribution in [-0.4, -0.2) is 29.3 Å². The van der Waals surface area contributed by atoms with Crippen LogP contribution in [0, 0.1) is 0 Å². The smallest absolute Gasteiger partial charge is 0.336 e. The number of aromatic carboxylic acids is 1. The third-order valence-electron chi connectivity index (χ3n) is 3.27. The van der Waals surface area contributed by atoms with E-state index in [-0.39, 0.29) is 11.2 Å². The maximum atomic E-state index is 10.9. The monoisotopic (exact) mass is 327 g/mol. The van der Waals surface area contributed by atoms with Crippen LogP contribution in [0.4, 0.5) is 5.69 Å². The fraction of sp³-hybridized carbons (Fsp3) is 0.500. The number of benzene rings is 1. The van der Waals surface area contributed by atoms with Crippen LogP contribution in [-0.2, 0) is 4.74 Å². The largest absolute Gasteiger partial charge is 0.478 e. The summed E-state index contributed by atoms with van der Waals surface area (Å²) < 4.78 is 6.27. The second kappa shape index (κ2) is 5.51. The summed E-state index contributed by atoms with van der Waals surface area (Å²) in [5, 5.41) is 12.4. The van der Waals surface area contributed by atoms with Crippen LogP contribution in [0.5, 0.6) is 0 Å². The number of hydrogen-bond donors (Lipinski definition) is 2. The molecule has 104 valence electrons. The molecule has 0 radical (unpaired) electrons. The number of carbonyl (C=O) groups is 1. The van der Waals surface area contributed by atoms with Gasteiger partial charge < -0.3 is 15.2 Å². The summed E-state index contributed by atoms with van der Waals surface area (Å²) in [6, 6.07) is 5.58. The zero-order chi connectivity index (χ0) is 14.0. The van der Waals surface area contributed by atoms with E-state index in [1.807, 2.05) is 6.07 Å². The van der Waals surface area contributed by atoms with Crippen molar-refractivity contribution in [2.45, 2.75) is 38.3 Å². The molecule has 0 aromatic heterocycles. The van der Waals surface area contributed by atoms with Gasteiger partial charge in [0.05, 0.1) is 11.2 Å². The Bertz CT molecular complexity index is 488. The Morgan fingerprint density at radius 2 is 2.26 bits per heavy atom. The minimum atomic E-state index is -0.925. The number of carboxylic acid groups (broad SMARTS) is 1. The molecule has 1 aromatic carbocycles. The van der Waals surface area contributed by atoms with Crippen molar-refractivity contribution < 1.29 is 14.6 Å². The maximum absolute atomic E-state index is 10.9. The molecule has 0 spiro atoms. The van der Waals surface area contributed by atoms with Gasteiger partial charge in [-0.05, 0) is 60.8 Å². The standard InChI is InChI=1S/C14H18BrNO3/c1-14(2)8-10(5-6-19-14)16-9-3-4-11(13(17)18)12(15)7-9/h3-4,7,10,16H,5-6,8H2,1-2H3,(H,17,18). The quantitative estimate of drug-likeness (QED) is 0.891. The molecular weight excluding hydrogens is 310 g/mol. The third-order valence-corrected chi connectivity index (χ3v) is 3.92. The van der Waals surface area contributed by atoms with Crippen LogP contribution in [0.15, 0.2) is 22.7 Å². The molecule has 0 saturated carbocycles. The Hall–Kier alpha value is -1.07. The molecule has 19 heavy (non-hydrogen) atoms. The molecule has 2 rings (SSSR count). The van der Waals surface area contributed by atoms with Crippen LogP contribution in [0.3, 0.4) is 0 Å². The Labute approximate surface area is 121 Å². The van der Waals surface area contributed by atoms with Gasteiger partial charge in [0, 0.05) is 22.8 Å². The van der Waals surface area contributed by atoms with E-state index in [1.54, 1.807) is 12.1 Å². The summed E-state index contributed by atoms with van der Waals surface area (Å²) in [6.07, 6.45) is 1.90. The van der Waals surface area contributed by atoms with Gasteiger partial charge in [0.2, 0.25) is 0 Å². The highest BCUT2D eigenvalue weighted by Crippen LogP contribution is 2.28. The van der Waals surface area contributed by atoms with Crippen LogP contribution in [0.2, 0.25) is 0 Å². The molecule has 2 N–H and O–H groups in total. The molecule has 1 aliphatic heterocycles. The molecule has 0 amide bonds. The molecule has 1 aromatic rings. The average molecular weight is 328 g/mol. The summed E-state index contributed by atoms with van der Waals surface area (Å²) in [7, 11) is 0. The zero-order valence-electron chi connectivity index (χ0n) is 11.1. The van der Waals surface area contributed by atoms with E-state index in [0.29, 0.717) is 10.5 Å². The van der Waals surface area contributed by atoms with Crippen molar-refractivity contribution in [3.8, 4) is 0 Å². The number of ether oxygens (including phenoxy) is 1. The summed E-state index contributed by atoms with van der Waals surface area (Å²) in [6.45, 7) is 4.92. The van der Waals surface area contributed by atoms with Crippen molar-refractivity contribution >= 4 is 27.6 Å². The van der Waals surface area contributed by atoms with Gasteiger partial charge in [-0.15, -0.1) is 0 Å². The first-order valence-corrected chi connectivity index (χ1v) is 7.10. The minimum absolute atomic E-state index is 0.103. The molecule has 0 bridgehead atoms. The van der Waals surface area contributed by atoms with E-state index in [0.717, 1.165) is 25.1 Å². The lowest BCUT2D eigenvalue weighted by Gasteiger charge is -2.36. The Balaban J connectivity index is 2.07. The summed E-state index contributed by atoms with van der Waals surface area (Å²) in [5.41, 5.74) is 1.10. The van der Waals surface area contributed by atoms with Crippen molar-refractivity contribution in [3.63, 3.8) is 0 Å². The number of rotatable bonds is 3. The molecule has 1 heterocycles. The lowest BCUT2D eigenvalue weighted by molar-refractivity contribution is -0.0553. The summed E-state index contributed by atoms with van der Waals surface area (Å²) in [4.78, 5) is 10.9. The lowest BCUT2D eigenvalue weighted by atomic mass is 9.94. The molecular formula is C14H18BrNO3. The number of carboxylic acids is 1. The first-order chi connectivity index (χ1) is 8.87. The van der Waals surface area contributed by atoms with Crippen molar-refractivity contribution in [3.05, 3.63) is 28.2 Å². The SMILES string of the molecule is CC1(C)CC(Nc2ccc(C(=O)O)c(Br)c2)CCO1. The molecule has 1 atom stereocenters. The van der Waals surface area contributed by atoms with Crippen LogP contribution in [0.25, 0.3) is 0 Å². The number of nitrogens with one attached hydrogen (secondary N) is 1. The van der Waals surface area contributed by atoms with E-state index in [2.05, 4.69) is 35.1 Å². The fourth-order valence-corrected chi connectivity index (χ4v) is 2.92. The first kappa shape index (κ1) is 14.3. The molecule has 1 fully saturated rings. The Morgan fingerprint density at radius 3 is 2.84 bits per heavy atom. The van der Waals surface area contributed by atoms with Gasteiger partial charge in [-0.25, -0.2) is 4.79 Å². The van der Waals surface area contributed by atoms with Crippen molar-refractivity contribution in [1.82, 2.24) is 0 Å². The Morgan fingerprint density at radius 1 is 1.53 bits per heavy atom. The summed E-state index contributed by atoms with van der Waals surface area (Å²) >= 11 is 3.29. The molecule has 1 unspecified atom stereocenters. The molecule has 1 saturated heterocycles. The van der Waals surface area contributed by atoms with E-state index >= 15 is 0 Å². The van der Waals surface area contributed by atoms with Crippen LogP contribution < -0.4 is 5.32 Å². The number of anilines is 1. The lowest BCUT2D eigenvalue weighted by Crippen LogP contribution is -2.40. The van der Waals surface area contributed by atoms with Crippen molar-refractivity contribution in [1.29, 1.82) is 0 Å². The second-order valence-electron chi connectivity index (χ2n) is 5.44. The van der Waals surface area contributed by atoms with Crippen molar-refractivity contribution in [2.75, 3.05) is 11.9 Å². The van der Waals surface area contributed by atoms with E-state index in [9.17, 15) is 4.79 Å². The highest BCUT2D eigenvalue weighted by Gasteiger charge is 2.28. The zero-order valence-corrected chi connectivity index (χ0v) is 12.7. The fourth-order valence-electron chi connectivity index (χ4n) is 2.37. The van der Waals surface area contributed by atoms with Gasteiger partial charge in [0.15, 0.2) is 0 Å². The third kappa shape index (κ3) is 3.70. The normalized spacial score (nSPS) is 21.9. The van der Waals surface area contributed by atoms with Gasteiger partial charge in [-0.3, -0.25) is 0 Å². The highest BCUT2D eigenvalue weighted by atomic mass is 79.9. The van der Waals surface area contributed by atoms with Crippen LogP contribution >= 0.6 is 15.9 Å². The number of halogens is 1. The first-order valence-electron chi connectivity index (χ1n) is 6.31. The molecule has 5 heteroatoms. The van der Waals surface area contributed by atoms with Gasteiger partial charge in [-0.1, -0.05) is 0 Å². The predicted molar refractivity (Wildman–Crippen MR) is 77.8 cm³/mol. The molecule has 4 nitrogen and oxygen atoms in total. The topological polar surface area (TPSA) is 58.6 Å². The summed E-state index contributed by atoms with van der Waals surface area (Å²) in [5.74, 6) is -0.925. The Kier molecular flexibility index (Phi) is 4.16. The average Bonchev–Trinajstić information content (AvgIpc) is 2.27. The van der Waals surface area contributed by atoms with Gasteiger partial charge in [-0.2, -0.15) is 0 Å². The molecule has 1 aliphatic rings. The number of hydrogen-bond acceptors (Lipinski definition) is 3.